The molecule has 1 aromatic rings. The lowest BCUT2D eigenvalue weighted by atomic mass is 10.1. The number of nitrogens with zero attached hydrogens (tertiary/aromatic N) is 1. The highest BCUT2D eigenvalue weighted by atomic mass is 16.5. The maximum atomic E-state index is 11.5. The molecule has 0 bridgehead atoms. The average molecular weight is 223 g/mol. The topological polar surface area (TPSA) is 67.2 Å². The van der Waals surface area contributed by atoms with Crippen molar-refractivity contribution in [2.24, 2.45) is 0 Å². The number of rotatable bonds is 5. The van der Waals surface area contributed by atoms with Crippen molar-refractivity contribution in [3.63, 3.8) is 0 Å². The third-order valence-corrected chi connectivity index (χ3v) is 2.69. The zero-order valence-corrected chi connectivity index (χ0v) is 9.45. The van der Waals surface area contributed by atoms with Crippen LogP contribution in [0.25, 0.3) is 0 Å². The van der Waals surface area contributed by atoms with E-state index in [2.05, 4.69) is 22.7 Å². The van der Waals surface area contributed by atoms with Crippen LogP contribution in [-0.2, 0) is 17.8 Å². The molecule has 1 fully saturated rings. The molecule has 5 nitrogen and oxygen atoms in total. The van der Waals surface area contributed by atoms with Gasteiger partial charge in [0.1, 0.15) is 0 Å². The molecule has 2 N–H and O–H groups in total. The number of carbonyl (C=O) groups excluding carboxylic acids is 1. The van der Waals surface area contributed by atoms with Crippen molar-refractivity contribution in [3.05, 3.63) is 17.5 Å². The summed E-state index contributed by atoms with van der Waals surface area (Å²) in [5.74, 6) is 0.760. The Balaban J connectivity index is 1.77. The van der Waals surface area contributed by atoms with Gasteiger partial charge in [-0.15, -0.1) is 0 Å². The average Bonchev–Trinajstić information content (AvgIpc) is 2.61. The van der Waals surface area contributed by atoms with Gasteiger partial charge in [-0.2, -0.15) is 0 Å². The second-order valence-electron chi connectivity index (χ2n) is 4.05. The van der Waals surface area contributed by atoms with Crippen LogP contribution in [-0.4, -0.2) is 23.7 Å². The lowest BCUT2D eigenvalue weighted by molar-refractivity contribution is -0.124. The van der Waals surface area contributed by atoms with E-state index in [4.69, 9.17) is 4.52 Å². The van der Waals surface area contributed by atoms with Crippen molar-refractivity contribution < 1.29 is 9.32 Å². The Hall–Kier alpha value is -1.36. The number of hydrogen-bond donors (Lipinski definition) is 2. The van der Waals surface area contributed by atoms with Crippen LogP contribution in [0.2, 0.25) is 0 Å². The molecule has 1 aliphatic heterocycles. The molecular weight excluding hydrogens is 206 g/mol. The van der Waals surface area contributed by atoms with E-state index in [0.29, 0.717) is 6.54 Å². The highest BCUT2D eigenvalue weighted by molar-refractivity contribution is 5.82. The Morgan fingerprint density at radius 2 is 2.56 bits per heavy atom. The summed E-state index contributed by atoms with van der Waals surface area (Å²) in [6, 6.07) is 1.89. The SMILES string of the molecule is CCCc1cc(CNC(=O)[C@@H]2CCN2)on1. The quantitative estimate of drug-likeness (QED) is 0.767. The summed E-state index contributed by atoms with van der Waals surface area (Å²) in [7, 11) is 0. The fourth-order valence-electron chi connectivity index (χ4n) is 1.62. The first-order chi connectivity index (χ1) is 7.79. The van der Waals surface area contributed by atoms with Crippen LogP contribution in [0.5, 0.6) is 0 Å². The Morgan fingerprint density at radius 1 is 1.75 bits per heavy atom. The third-order valence-electron chi connectivity index (χ3n) is 2.69. The van der Waals surface area contributed by atoms with Crippen molar-refractivity contribution in [3.8, 4) is 0 Å². The third kappa shape index (κ3) is 2.61. The van der Waals surface area contributed by atoms with Crippen LogP contribution in [0.1, 0.15) is 31.2 Å². The molecule has 2 heterocycles. The highest BCUT2D eigenvalue weighted by Crippen LogP contribution is 2.06. The minimum Gasteiger partial charge on any atom is -0.359 e. The van der Waals surface area contributed by atoms with Gasteiger partial charge in [-0.05, 0) is 19.4 Å². The van der Waals surface area contributed by atoms with Gasteiger partial charge in [-0.1, -0.05) is 18.5 Å². The van der Waals surface area contributed by atoms with Crippen molar-refractivity contribution >= 4 is 5.91 Å². The second kappa shape index (κ2) is 5.12. The van der Waals surface area contributed by atoms with E-state index in [1.165, 1.54) is 0 Å². The standard InChI is InChI=1S/C11H17N3O2/c1-2-3-8-6-9(16-14-8)7-13-11(15)10-4-5-12-10/h6,10,12H,2-5,7H2,1H3,(H,13,15)/t10-/m0/s1. The van der Waals surface area contributed by atoms with Gasteiger partial charge in [0.15, 0.2) is 5.76 Å². The normalized spacial score (nSPS) is 19.2. The first-order valence-corrected chi connectivity index (χ1v) is 5.75. The smallest absolute Gasteiger partial charge is 0.237 e. The van der Waals surface area contributed by atoms with E-state index >= 15 is 0 Å². The van der Waals surface area contributed by atoms with Crippen molar-refractivity contribution in [1.82, 2.24) is 15.8 Å². The minimum atomic E-state index is -0.0157. The molecule has 5 heteroatoms. The number of aryl methyl sites for hydroxylation is 1. The molecule has 88 valence electrons. The summed E-state index contributed by atoms with van der Waals surface area (Å²) < 4.78 is 5.11. The molecule has 0 aromatic carbocycles. The number of carbonyl (C=O) groups is 1. The molecule has 0 spiro atoms. The van der Waals surface area contributed by atoms with E-state index in [9.17, 15) is 4.79 Å². The molecule has 16 heavy (non-hydrogen) atoms. The number of amides is 1. The molecule has 1 saturated heterocycles. The zero-order valence-electron chi connectivity index (χ0n) is 9.45. The maximum absolute atomic E-state index is 11.5. The monoisotopic (exact) mass is 223 g/mol. The molecule has 0 saturated carbocycles. The largest absolute Gasteiger partial charge is 0.359 e. The lowest BCUT2D eigenvalue weighted by Gasteiger charge is -2.25. The first kappa shape index (κ1) is 11.1. The van der Waals surface area contributed by atoms with Crippen LogP contribution in [0.3, 0.4) is 0 Å². The molecular formula is C11H17N3O2. The van der Waals surface area contributed by atoms with Gasteiger partial charge in [-0.3, -0.25) is 4.79 Å². The first-order valence-electron chi connectivity index (χ1n) is 5.75. The second-order valence-corrected chi connectivity index (χ2v) is 4.05. The molecule has 0 radical (unpaired) electrons. The summed E-state index contributed by atoms with van der Waals surface area (Å²) >= 11 is 0. The predicted octanol–water partition coefficient (Wildman–Crippen LogP) is 0.605. The van der Waals surface area contributed by atoms with Gasteiger partial charge < -0.3 is 15.2 Å². The number of hydrogen-bond acceptors (Lipinski definition) is 4. The predicted molar refractivity (Wildman–Crippen MR) is 58.8 cm³/mol. The van der Waals surface area contributed by atoms with Gasteiger partial charge in [0.25, 0.3) is 0 Å². The summed E-state index contributed by atoms with van der Waals surface area (Å²) in [6.07, 6.45) is 2.88. The molecule has 1 aromatic heterocycles. The number of nitrogens with one attached hydrogen (secondary N) is 2. The molecule has 2 rings (SSSR count). The lowest BCUT2D eigenvalue weighted by Crippen LogP contribution is -2.52. The van der Waals surface area contributed by atoms with Crippen LogP contribution in [0, 0.1) is 0 Å². The fourth-order valence-corrected chi connectivity index (χ4v) is 1.62. The number of aromatic nitrogens is 1. The molecule has 0 unspecified atom stereocenters. The Labute approximate surface area is 94.6 Å². The van der Waals surface area contributed by atoms with E-state index < -0.39 is 0 Å². The van der Waals surface area contributed by atoms with E-state index in [1.807, 2.05) is 6.07 Å². The highest BCUT2D eigenvalue weighted by Gasteiger charge is 2.24. The van der Waals surface area contributed by atoms with Crippen LogP contribution < -0.4 is 10.6 Å². The molecule has 1 aliphatic rings. The van der Waals surface area contributed by atoms with Gasteiger partial charge in [0.2, 0.25) is 5.91 Å². The van der Waals surface area contributed by atoms with Crippen molar-refractivity contribution in [1.29, 1.82) is 0 Å². The van der Waals surface area contributed by atoms with Crippen LogP contribution in [0.4, 0.5) is 0 Å². The summed E-state index contributed by atoms with van der Waals surface area (Å²) in [5.41, 5.74) is 0.952. The Kier molecular flexibility index (Phi) is 3.56. The summed E-state index contributed by atoms with van der Waals surface area (Å²) in [5, 5.41) is 9.79. The molecule has 1 amide bonds. The molecule has 1 atom stereocenters. The van der Waals surface area contributed by atoms with E-state index in [0.717, 1.165) is 37.3 Å². The van der Waals surface area contributed by atoms with Crippen molar-refractivity contribution in [2.75, 3.05) is 6.54 Å². The Morgan fingerprint density at radius 3 is 3.19 bits per heavy atom. The maximum Gasteiger partial charge on any atom is 0.237 e. The Bertz CT molecular complexity index is 358. The van der Waals surface area contributed by atoms with Crippen LogP contribution in [0.15, 0.2) is 10.6 Å². The van der Waals surface area contributed by atoms with Crippen LogP contribution >= 0.6 is 0 Å². The van der Waals surface area contributed by atoms with Gasteiger partial charge in [0, 0.05) is 6.07 Å². The zero-order chi connectivity index (χ0) is 11.4. The fraction of sp³-hybridized carbons (Fsp3) is 0.636. The minimum absolute atomic E-state index is 0.0157. The van der Waals surface area contributed by atoms with Gasteiger partial charge >= 0.3 is 0 Å². The van der Waals surface area contributed by atoms with E-state index in [1.54, 1.807) is 0 Å². The van der Waals surface area contributed by atoms with E-state index in [-0.39, 0.29) is 11.9 Å². The summed E-state index contributed by atoms with van der Waals surface area (Å²) in [4.78, 5) is 11.5. The molecule has 0 aliphatic carbocycles. The van der Waals surface area contributed by atoms with Crippen molar-refractivity contribution in [2.45, 2.75) is 38.8 Å². The summed E-state index contributed by atoms with van der Waals surface area (Å²) in [6.45, 7) is 3.45. The van der Waals surface area contributed by atoms with Gasteiger partial charge in [-0.25, -0.2) is 0 Å². The van der Waals surface area contributed by atoms with Gasteiger partial charge in [0.05, 0.1) is 18.3 Å².